The molecule has 0 saturated heterocycles. The van der Waals surface area contributed by atoms with E-state index in [2.05, 4.69) is 4.74 Å². The maximum Gasteiger partial charge on any atom is 0.350 e. The number of carbonyl (C=O) groups excluding carboxylic acids is 1. The van der Waals surface area contributed by atoms with Crippen LogP contribution in [0, 0.1) is 0 Å². The summed E-state index contributed by atoms with van der Waals surface area (Å²) in [6.45, 7) is 0. The molecule has 0 aromatic heterocycles. The van der Waals surface area contributed by atoms with Crippen LogP contribution in [0.5, 0.6) is 5.75 Å². The molecule has 2 rings (SSSR count). The van der Waals surface area contributed by atoms with Gasteiger partial charge in [0.25, 0.3) is 0 Å². The van der Waals surface area contributed by atoms with E-state index in [4.69, 9.17) is 4.74 Å². The number of hydrogen-bond acceptors (Lipinski definition) is 5. The minimum Gasteiger partial charge on any atom is -0.496 e. The van der Waals surface area contributed by atoms with Gasteiger partial charge in [-0.2, -0.15) is 0 Å². The number of esters is 1. The SMILES string of the molecule is COC(=O)C1=C(c2ccccc2OC)C=CS1(=O)=O. The Hall–Kier alpha value is -2.08. The molecule has 6 heteroatoms. The Balaban J connectivity index is 2.71. The summed E-state index contributed by atoms with van der Waals surface area (Å²) in [7, 11) is -1.13. The molecule has 1 aliphatic heterocycles. The van der Waals surface area contributed by atoms with E-state index >= 15 is 0 Å². The second kappa shape index (κ2) is 4.89. The number of para-hydroxylation sites is 1. The van der Waals surface area contributed by atoms with E-state index in [9.17, 15) is 13.2 Å². The number of methoxy groups -OCH3 is 2. The zero-order chi connectivity index (χ0) is 14.0. The first-order chi connectivity index (χ1) is 9.01. The van der Waals surface area contributed by atoms with Crippen LogP contribution in [-0.2, 0) is 19.4 Å². The topological polar surface area (TPSA) is 69.7 Å². The third-order valence-corrected chi connectivity index (χ3v) is 4.16. The molecule has 0 atom stereocenters. The van der Waals surface area contributed by atoms with Crippen LogP contribution in [0.2, 0.25) is 0 Å². The van der Waals surface area contributed by atoms with E-state index in [1.165, 1.54) is 13.2 Å². The molecule has 19 heavy (non-hydrogen) atoms. The van der Waals surface area contributed by atoms with Crippen LogP contribution < -0.4 is 4.74 Å². The molecule has 0 saturated carbocycles. The van der Waals surface area contributed by atoms with Crippen LogP contribution in [-0.4, -0.2) is 28.6 Å². The van der Waals surface area contributed by atoms with Crippen LogP contribution in [0.25, 0.3) is 5.57 Å². The van der Waals surface area contributed by atoms with E-state index in [0.717, 1.165) is 12.5 Å². The standard InChI is InChI=1S/C13H12O5S/c1-17-11-6-4-3-5-9(11)10-7-8-19(15,16)12(10)13(14)18-2/h3-8H,1-2H3. The highest BCUT2D eigenvalue weighted by Crippen LogP contribution is 2.36. The van der Waals surface area contributed by atoms with Crippen molar-refractivity contribution in [3.05, 3.63) is 46.2 Å². The number of ether oxygens (including phenoxy) is 2. The minimum absolute atomic E-state index is 0.282. The lowest BCUT2D eigenvalue weighted by Crippen LogP contribution is -2.12. The molecule has 1 heterocycles. The monoisotopic (exact) mass is 280 g/mol. The highest BCUT2D eigenvalue weighted by Gasteiger charge is 2.32. The zero-order valence-corrected chi connectivity index (χ0v) is 11.2. The van der Waals surface area contributed by atoms with Crippen molar-refractivity contribution in [3.63, 3.8) is 0 Å². The fourth-order valence-electron chi connectivity index (χ4n) is 1.85. The fourth-order valence-corrected chi connectivity index (χ4v) is 3.10. The first-order valence-corrected chi connectivity index (χ1v) is 6.95. The first kappa shape index (κ1) is 13.4. The Morgan fingerprint density at radius 2 is 1.84 bits per heavy atom. The van der Waals surface area contributed by atoms with Crippen molar-refractivity contribution in [1.29, 1.82) is 0 Å². The molecule has 100 valence electrons. The predicted molar refractivity (Wildman–Crippen MR) is 70.0 cm³/mol. The van der Waals surface area contributed by atoms with Crippen LogP contribution in [0.1, 0.15) is 5.56 Å². The number of benzene rings is 1. The molecule has 0 fully saturated rings. The fraction of sp³-hybridized carbons (Fsp3) is 0.154. The second-order valence-corrected chi connectivity index (χ2v) is 5.55. The van der Waals surface area contributed by atoms with Gasteiger partial charge in [0.2, 0.25) is 9.84 Å². The maximum atomic E-state index is 11.9. The molecular formula is C13H12O5S. The van der Waals surface area contributed by atoms with Gasteiger partial charge in [-0.05, 0) is 12.1 Å². The number of hydrogen-bond donors (Lipinski definition) is 0. The molecule has 0 bridgehead atoms. The Labute approximate surface area is 111 Å². The summed E-state index contributed by atoms with van der Waals surface area (Å²) >= 11 is 0. The second-order valence-electron chi connectivity index (χ2n) is 3.78. The van der Waals surface area contributed by atoms with E-state index in [-0.39, 0.29) is 10.5 Å². The van der Waals surface area contributed by atoms with Gasteiger partial charge in [-0.1, -0.05) is 18.2 Å². The molecule has 5 nitrogen and oxygen atoms in total. The summed E-state index contributed by atoms with van der Waals surface area (Å²) in [5, 5.41) is 0.987. The molecule has 0 aliphatic carbocycles. The molecule has 1 aromatic rings. The number of sulfone groups is 1. The van der Waals surface area contributed by atoms with Gasteiger partial charge < -0.3 is 9.47 Å². The summed E-state index contributed by atoms with van der Waals surface area (Å²) in [5.41, 5.74) is 0.812. The van der Waals surface area contributed by atoms with Crippen LogP contribution in [0.4, 0.5) is 0 Å². The van der Waals surface area contributed by atoms with Crippen molar-refractivity contribution in [2.45, 2.75) is 0 Å². The maximum absolute atomic E-state index is 11.9. The third-order valence-electron chi connectivity index (χ3n) is 2.71. The van der Waals surface area contributed by atoms with E-state index in [1.807, 2.05) is 0 Å². The van der Waals surface area contributed by atoms with Crippen molar-refractivity contribution >= 4 is 21.4 Å². The van der Waals surface area contributed by atoms with Crippen molar-refractivity contribution in [2.24, 2.45) is 0 Å². The lowest BCUT2D eigenvalue weighted by molar-refractivity contribution is -0.135. The molecule has 0 N–H and O–H groups in total. The van der Waals surface area contributed by atoms with Crippen LogP contribution in [0.3, 0.4) is 0 Å². The summed E-state index contributed by atoms with van der Waals surface area (Å²) in [4.78, 5) is 11.3. The van der Waals surface area contributed by atoms with Crippen molar-refractivity contribution in [3.8, 4) is 5.75 Å². The number of rotatable bonds is 3. The van der Waals surface area contributed by atoms with Gasteiger partial charge in [0.05, 0.1) is 14.2 Å². The van der Waals surface area contributed by atoms with Gasteiger partial charge in [-0.25, -0.2) is 13.2 Å². The molecular weight excluding hydrogens is 268 g/mol. The number of allylic oxidation sites excluding steroid dienone is 2. The minimum atomic E-state index is -3.75. The smallest absolute Gasteiger partial charge is 0.350 e. The third kappa shape index (κ3) is 2.26. The van der Waals surface area contributed by atoms with Crippen LogP contribution >= 0.6 is 0 Å². The van der Waals surface area contributed by atoms with Gasteiger partial charge in [0.1, 0.15) is 5.75 Å². The summed E-state index contributed by atoms with van der Waals surface area (Å²) in [6, 6.07) is 6.87. The predicted octanol–water partition coefficient (Wildman–Crippen LogP) is 1.52. The normalized spacial score (nSPS) is 16.5. The van der Waals surface area contributed by atoms with Gasteiger partial charge in [0.15, 0.2) is 4.91 Å². The van der Waals surface area contributed by atoms with Crippen molar-refractivity contribution in [1.82, 2.24) is 0 Å². The van der Waals surface area contributed by atoms with Crippen LogP contribution in [0.15, 0.2) is 40.7 Å². The van der Waals surface area contributed by atoms with Gasteiger partial charge in [-0.15, -0.1) is 0 Å². The largest absolute Gasteiger partial charge is 0.496 e. The average molecular weight is 280 g/mol. The highest BCUT2D eigenvalue weighted by atomic mass is 32.2. The highest BCUT2D eigenvalue weighted by molar-refractivity contribution is 7.99. The molecule has 0 amide bonds. The lowest BCUT2D eigenvalue weighted by atomic mass is 10.0. The van der Waals surface area contributed by atoms with E-state index in [0.29, 0.717) is 11.3 Å². The van der Waals surface area contributed by atoms with Crippen molar-refractivity contribution in [2.75, 3.05) is 14.2 Å². The Morgan fingerprint density at radius 1 is 1.16 bits per heavy atom. The molecule has 1 aliphatic rings. The molecule has 0 unspecified atom stereocenters. The molecule has 0 radical (unpaired) electrons. The van der Waals surface area contributed by atoms with Crippen molar-refractivity contribution < 1.29 is 22.7 Å². The summed E-state index contributed by atoms with van der Waals surface area (Å²) < 4.78 is 33.4. The summed E-state index contributed by atoms with van der Waals surface area (Å²) in [6.07, 6.45) is 1.37. The molecule has 1 aromatic carbocycles. The first-order valence-electron chi connectivity index (χ1n) is 5.40. The van der Waals surface area contributed by atoms with E-state index < -0.39 is 15.8 Å². The average Bonchev–Trinajstić information content (AvgIpc) is 2.73. The Kier molecular flexibility index (Phi) is 3.44. The Bertz CT molecular complexity index is 683. The van der Waals surface area contributed by atoms with E-state index in [1.54, 1.807) is 24.3 Å². The molecule has 0 spiro atoms. The summed E-state index contributed by atoms with van der Waals surface area (Å²) in [5.74, 6) is -0.397. The zero-order valence-electron chi connectivity index (χ0n) is 10.4. The number of carbonyl (C=O) groups is 1. The Morgan fingerprint density at radius 3 is 2.47 bits per heavy atom. The van der Waals surface area contributed by atoms with Gasteiger partial charge >= 0.3 is 5.97 Å². The lowest BCUT2D eigenvalue weighted by Gasteiger charge is -2.09. The van der Waals surface area contributed by atoms with Gasteiger partial charge in [0, 0.05) is 16.5 Å². The van der Waals surface area contributed by atoms with Gasteiger partial charge in [-0.3, -0.25) is 0 Å². The quantitative estimate of drug-likeness (QED) is 0.785.